The molecule has 0 aliphatic heterocycles. The standard InChI is InChI=1S/C16H24N2O4/c1-2-3-4-5-9-17-14(16(21)22)11-15(20)18-12-7-6-8-13(19)10-12/h6-8,10,14,17,19H,2-5,9,11H2,1H3,(H,18,20)(H,21,22)/t14-/m0/s1. The molecule has 1 rings (SSSR count). The number of carboxylic acid groups (broad SMARTS) is 1. The van der Waals surface area contributed by atoms with E-state index in [0.717, 1.165) is 25.7 Å². The van der Waals surface area contributed by atoms with E-state index in [9.17, 15) is 19.8 Å². The van der Waals surface area contributed by atoms with Crippen molar-refractivity contribution in [2.75, 3.05) is 11.9 Å². The molecule has 0 spiro atoms. The van der Waals surface area contributed by atoms with E-state index in [1.807, 2.05) is 0 Å². The first kappa shape index (κ1) is 18.0. The first-order valence-corrected chi connectivity index (χ1v) is 7.66. The lowest BCUT2D eigenvalue weighted by Gasteiger charge is -2.16. The van der Waals surface area contributed by atoms with Crippen LogP contribution >= 0.6 is 0 Å². The van der Waals surface area contributed by atoms with Gasteiger partial charge in [-0.2, -0.15) is 0 Å². The lowest BCUT2D eigenvalue weighted by atomic mass is 10.1. The summed E-state index contributed by atoms with van der Waals surface area (Å²) in [5.74, 6) is -1.61. The highest BCUT2D eigenvalue weighted by Crippen LogP contribution is 2.15. The summed E-state index contributed by atoms with van der Waals surface area (Å²) in [5, 5.41) is 24.6. The van der Waals surface area contributed by atoms with Gasteiger partial charge in [-0.3, -0.25) is 4.79 Å². The molecule has 1 aromatic rings. The molecule has 0 aromatic heterocycles. The predicted molar refractivity (Wildman–Crippen MR) is 81.1 cm³/mol. The van der Waals surface area contributed by atoms with Crippen molar-refractivity contribution in [1.82, 2.24) is 0 Å². The molecule has 122 valence electrons. The fraction of sp³-hybridized carbons (Fsp3) is 0.500. The summed E-state index contributed by atoms with van der Waals surface area (Å²) >= 11 is 0. The summed E-state index contributed by atoms with van der Waals surface area (Å²) < 4.78 is 0. The summed E-state index contributed by atoms with van der Waals surface area (Å²) in [6.45, 7) is 2.78. The van der Waals surface area contributed by atoms with Gasteiger partial charge in [0.25, 0.3) is 0 Å². The number of phenols is 1. The highest BCUT2D eigenvalue weighted by atomic mass is 16.4. The molecule has 0 aliphatic rings. The molecule has 1 aromatic carbocycles. The Morgan fingerprint density at radius 3 is 2.73 bits per heavy atom. The number of rotatable bonds is 10. The second kappa shape index (κ2) is 9.78. The number of aliphatic carboxylic acids is 1. The van der Waals surface area contributed by atoms with E-state index in [0.29, 0.717) is 12.2 Å². The topological polar surface area (TPSA) is 106 Å². The summed E-state index contributed by atoms with van der Waals surface area (Å²) in [4.78, 5) is 23.0. The molecule has 0 saturated heterocycles. The fourth-order valence-corrected chi connectivity index (χ4v) is 2.15. The van der Waals surface area contributed by atoms with Gasteiger partial charge in [-0.1, -0.05) is 25.8 Å². The van der Waals surface area contributed by atoms with Crippen molar-refractivity contribution in [3.05, 3.63) is 24.3 Å². The number of hydrogen-bond donors (Lipinski definition) is 3. The minimum absolute atomic E-state index is 0.0386. The lowest BCUT2D eigenvalue weighted by molar-refractivity contribution is -0.682. The number of carboxylic acids is 1. The molecule has 0 radical (unpaired) electrons. The van der Waals surface area contributed by atoms with Crippen molar-refractivity contribution in [1.29, 1.82) is 0 Å². The third-order valence-corrected chi connectivity index (χ3v) is 3.35. The minimum Gasteiger partial charge on any atom is -0.544 e. The number of nitrogens with two attached hydrogens (primary N) is 1. The molecular weight excluding hydrogens is 284 g/mol. The van der Waals surface area contributed by atoms with Gasteiger partial charge in [0.05, 0.1) is 18.9 Å². The molecule has 6 heteroatoms. The highest BCUT2D eigenvalue weighted by molar-refractivity contribution is 5.93. The molecule has 1 atom stereocenters. The molecule has 0 aliphatic carbocycles. The van der Waals surface area contributed by atoms with Crippen LogP contribution in [0.3, 0.4) is 0 Å². The normalized spacial score (nSPS) is 11.9. The van der Waals surface area contributed by atoms with Gasteiger partial charge < -0.3 is 25.6 Å². The van der Waals surface area contributed by atoms with E-state index in [1.54, 1.807) is 17.4 Å². The van der Waals surface area contributed by atoms with E-state index in [1.165, 1.54) is 12.1 Å². The molecule has 4 N–H and O–H groups in total. The van der Waals surface area contributed by atoms with Crippen LogP contribution < -0.4 is 15.7 Å². The van der Waals surface area contributed by atoms with E-state index in [-0.39, 0.29) is 12.2 Å². The number of anilines is 1. The van der Waals surface area contributed by atoms with Gasteiger partial charge in [0.1, 0.15) is 11.8 Å². The van der Waals surface area contributed by atoms with E-state index < -0.39 is 17.9 Å². The third-order valence-electron chi connectivity index (χ3n) is 3.35. The zero-order chi connectivity index (χ0) is 16.4. The van der Waals surface area contributed by atoms with Crippen LogP contribution in [0.25, 0.3) is 0 Å². The van der Waals surface area contributed by atoms with Crippen molar-refractivity contribution >= 4 is 17.6 Å². The number of phenolic OH excluding ortho intramolecular Hbond substituents is 1. The molecule has 6 nitrogen and oxygen atoms in total. The number of benzene rings is 1. The average Bonchev–Trinajstić information content (AvgIpc) is 2.45. The number of unbranched alkanes of at least 4 members (excludes halogenated alkanes) is 3. The third kappa shape index (κ3) is 7.08. The second-order valence-electron chi connectivity index (χ2n) is 5.31. The van der Waals surface area contributed by atoms with Gasteiger partial charge in [0, 0.05) is 11.8 Å². The molecule has 0 unspecified atom stereocenters. The van der Waals surface area contributed by atoms with Gasteiger partial charge in [-0.15, -0.1) is 0 Å². The van der Waals surface area contributed by atoms with Crippen LogP contribution in [0.5, 0.6) is 5.75 Å². The number of aromatic hydroxyl groups is 1. The Morgan fingerprint density at radius 1 is 1.32 bits per heavy atom. The van der Waals surface area contributed by atoms with Crippen molar-refractivity contribution in [3.63, 3.8) is 0 Å². The Morgan fingerprint density at radius 2 is 2.09 bits per heavy atom. The quantitative estimate of drug-likeness (QED) is 0.528. The molecule has 0 saturated carbocycles. The van der Waals surface area contributed by atoms with Crippen LogP contribution in [0.2, 0.25) is 0 Å². The monoisotopic (exact) mass is 308 g/mol. The smallest absolute Gasteiger partial charge is 0.230 e. The largest absolute Gasteiger partial charge is 0.544 e. The lowest BCUT2D eigenvalue weighted by Crippen LogP contribution is -2.93. The summed E-state index contributed by atoms with van der Waals surface area (Å²) in [7, 11) is 0. The minimum atomic E-state index is -1.23. The zero-order valence-electron chi connectivity index (χ0n) is 12.9. The van der Waals surface area contributed by atoms with E-state index in [4.69, 9.17) is 0 Å². The Kier molecular flexibility index (Phi) is 7.99. The SMILES string of the molecule is CCCCCC[NH2+][C@@H](CC(=O)Nc1cccc(O)c1)C(=O)[O-]. The van der Waals surface area contributed by atoms with Crippen LogP contribution in [0.15, 0.2) is 24.3 Å². The number of carbonyl (C=O) groups excluding carboxylic acids is 2. The summed E-state index contributed by atoms with van der Waals surface area (Å²) in [5.41, 5.74) is 0.435. The Balaban J connectivity index is 2.41. The molecule has 22 heavy (non-hydrogen) atoms. The van der Waals surface area contributed by atoms with Crippen LogP contribution in [-0.4, -0.2) is 29.6 Å². The van der Waals surface area contributed by atoms with Crippen LogP contribution in [0, 0.1) is 0 Å². The molecular formula is C16H24N2O4. The zero-order valence-corrected chi connectivity index (χ0v) is 12.9. The van der Waals surface area contributed by atoms with Gasteiger partial charge in [0.2, 0.25) is 5.91 Å². The Labute approximate surface area is 130 Å². The van der Waals surface area contributed by atoms with Gasteiger partial charge in [-0.05, 0) is 25.0 Å². The van der Waals surface area contributed by atoms with Crippen molar-refractivity contribution in [2.45, 2.75) is 45.1 Å². The molecule has 0 fully saturated rings. The number of amides is 1. The average molecular weight is 308 g/mol. The molecule has 0 bridgehead atoms. The summed E-state index contributed by atoms with van der Waals surface area (Å²) in [6, 6.07) is 5.23. The number of nitrogens with one attached hydrogen (secondary N) is 1. The van der Waals surface area contributed by atoms with Crippen LogP contribution in [0.4, 0.5) is 5.69 Å². The second-order valence-corrected chi connectivity index (χ2v) is 5.31. The number of hydrogen-bond acceptors (Lipinski definition) is 4. The van der Waals surface area contributed by atoms with Gasteiger partial charge in [-0.25, -0.2) is 0 Å². The molecule has 0 heterocycles. The number of quaternary nitrogens is 1. The maximum absolute atomic E-state index is 11.9. The Bertz CT molecular complexity index is 491. The maximum Gasteiger partial charge on any atom is 0.230 e. The first-order chi connectivity index (χ1) is 10.5. The number of carbonyl (C=O) groups is 2. The van der Waals surface area contributed by atoms with Crippen molar-refractivity contribution in [2.24, 2.45) is 0 Å². The maximum atomic E-state index is 11.9. The van der Waals surface area contributed by atoms with Gasteiger partial charge in [0.15, 0.2) is 0 Å². The predicted octanol–water partition coefficient (Wildman–Crippen LogP) is -0.0170. The van der Waals surface area contributed by atoms with Crippen molar-refractivity contribution in [3.8, 4) is 5.75 Å². The van der Waals surface area contributed by atoms with Crippen LogP contribution in [0.1, 0.15) is 39.0 Å². The van der Waals surface area contributed by atoms with E-state index >= 15 is 0 Å². The van der Waals surface area contributed by atoms with Crippen LogP contribution in [-0.2, 0) is 9.59 Å². The molecule has 1 amide bonds. The van der Waals surface area contributed by atoms with E-state index in [2.05, 4.69) is 12.2 Å². The van der Waals surface area contributed by atoms with Crippen molar-refractivity contribution < 1.29 is 25.1 Å². The highest BCUT2D eigenvalue weighted by Gasteiger charge is 2.18. The summed E-state index contributed by atoms with van der Waals surface area (Å²) in [6.07, 6.45) is 4.07. The van der Waals surface area contributed by atoms with Gasteiger partial charge >= 0.3 is 0 Å². The Hall–Kier alpha value is -2.08. The fourth-order valence-electron chi connectivity index (χ4n) is 2.15. The first-order valence-electron chi connectivity index (χ1n) is 7.66.